The number of hydrogen-bond acceptors (Lipinski definition) is 3. The molecule has 0 atom stereocenters. The molecule has 0 saturated heterocycles. The van der Waals surface area contributed by atoms with Gasteiger partial charge in [0, 0.05) is 16.3 Å². The number of carbonyl (C=O) groups excluding carboxylic acids is 1. The van der Waals surface area contributed by atoms with Gasteiger partial charge in [-0.15, -0.1) is 11.3 Å². The zero-order valence-electron chi connectivity index (χ0n) is 13.0. The summed E-state index contributed by atoms with van der Waals surface area (Å²) in [5.41, 5.74) is 4.71. The molecule has 3 rings (SSSR count). The van der Waals surface area contributed by atoms with Gasteiger partial charge in [0.1, 0.15) is 4.88 Å². The third-order valence-electron chi connectivity index (χ3n) is 3.41. The molecule has 0 bridgehead atoms. The zero-order chi connectivity index (χ0) is 16.9. The molecule has 3 nitrogen and oxygen atoms in total. The molecule has 1 amide bonds. The Balaban J connectivity index is 1.68. The van der Waals surface area contributed by atoms with Crippen molar-refractivity contribution in [1.82, 2.24) is 5.43 Å². The summed E-state index contributed by atoms with van der Waals surface area (Å²) in [4.78, 5) is 12.7. The minimum absolute atomic E-state index is 0.303. The van der Waals surface area contributed by atoms with Crippen molar-refractivity contribution in [3.8, 4) is 0 Å². The monoisotopic (exact) mass is 354 g/mol. The van der Waals surface area contributed by atoms with Crippen LogP contribution in [0.4, 0.5) is 0 Å². The first-order chi connectivity index (χ1) is 11.6. The Morgan fingerprint density at radius 2 is 2.00 bits per heavy atom. The second-order valence-electron chi connectivity index (χ2n) is 5.23. The van der Waals surface area contributed by atoms with Crippen LogP contribution in [0.15, 0.2) is 59.7 Å². The number of hydrazone groups is 1. The van der Waals surface area contributed by atoms with Crippen molar-refractivity contribution < 1.29 is 4.79 Å². The van der Waals surface area contributed by atoms with Crippen molar-refractivity contribution >= 4 is 51.2 Å². The van der Waals surface area contributed by atoms with Gasteiger partial charge < -0.3 is 0 Å². The third kappa shape index (κ3) is 3.72. The Hall–Kier alpha value is -2.43. The van der Waals surface area contributed by atoms with E-state index in [1.54, 1.807) is 6.08 Å². The number of thiophene rings is 1. The third-order valence-corrected chi connectivity index (χ3v) is 5.06. The summed E-state index contributed by atoms with van der Waals surface area (Å²) in [5.74, 6) is -0.303. The van der Waals surface area contributed by atoms with Crippen LogP contribution in [0.2, 0.25) is 5.02 Å². The number of halogens is 1. The molecule has 2 aromatic carbocycles. The second kappa shape index (κ2) is 7.43. The van der Waals surface area contributed by atoms with E-state index in [0.717, 1.165) is 21.2 Å². The number of rotatable bonds is 4. The second-order valence-corrected chi connectivity index (χ2v) is 6.66. The highest BCUT2D eigenvalue weighted by molar-refractivity contribution is 7.21. The Bertz CT molecular complexity index is 929. The van der Waals surface area contributed by atoms with Crippen molar-refractivity contribution in [3.63, 3.8) is 0 Å². The lowest BCUT2D eigenvalue weighted by Gasteiger charge is -1.96. The van der Waals surface area contributed by atoms with E-state index >= 15 is 0 Å². The van der Waals surface area contributed by atoms with Crippen LogP contribution in [-0.4, -0.2) is 12.1 Å². The lowest BCUT2D eigenvalue weighted by molar-refractivity contribution is 0.0959. The summed E-state index contributed by atoms with van der Waals surface area (Å²) in [7, 11) is 0. The molecule has 1 N–H and O–H groups in total. The SMILES string of the molecule is Cc1ccc2c(Cl)c(C(=O)N/N=C/C=C/c3ccccc3)sc2c1. The fraction of sp³-hybridized carbons (Fsp3) is 0.0526. The molecule has 0 aliphatic heterocycles. The molecule has 24 heavy (non-hydrogen) atoms. The normalized spacial score (nSPS) is 11.6. The summed E-state index contributed by atoms with van der Waals surface area (Å²) in [6, 6.07) is 15.8. The summed E-state index contributed by atoms with van der Waals surface area (Å²) < 4.78 is 0.998. The highest BCUT2D eigenvalue weighted by atomic mass is 35.5. The van der Waals surface area contributed by atoms with E-state index in [9.17, 15) is 4.79 Å². The van der Waals surface area contributed by atoms with Gasteiger partial charge >= 0.3 is 0 Å². The van der Waals surface area contributed by atoms with Gasteiger partial charge in [-0.2, -0.15) is 5.10 Å². The number of benzene rings is 2. The lowest BCUT2D eigenvalue weighted by atomic mass is 10.2. The zero-order valence-corrected chi connectivity index (χ0v) is 14.6. The Morgan fingerprint density at radius 1 is 1.21 bits per heavy atom. The lowest BCUT2D eigenvalue weighted by Crippen LogP contribution is -2.16. The molecule has 0 radical (unpaired) electrons. The largest absolute Gasteiger partial charge is 0.283 e. The van der Waals surface area contributed by atoms with Crippen LogP contribution in [0, 0.1) is 6.92 Å². The molecule has 3 aromatic rings. The quantitative estimate of drug-likeness (QED) is 0.501. The first-order valence-electron chi connectivity index (χ1n) is 7.39. The van der Waals surface area contributed by atoms with E-state index < -0.39 is 0 Å². The fourth-order valence-electron chi connectivity index (χ4n) is 2.23. The first kappa shape index (κ1) is 16.4. The first-order valence-corrected chi connectivity index (χ1v) is 8.58. The number of allylic oxidation sites excluding steroid dienone is 1. The smallest absolute Gasteiger partial charge is 0.266 e. The average molecular weight is 355 g/mol. The predicted octanol–water partition coefficient (Wildman–Crippen LogP) is 5.29. The fourth-order valence-corrected chi connectivity index (χ4v) is 3.73. The molecule has 1 heterocycles. The highest BCUT2D eigenvalue weighted by Gasteiger charge is 2.16. The molecule has 0 saturated carbocycles. The summed E-state index contributed by atoms with van der Waals surface area (Å²) in [6.07, 6.45) is 5.21. The molecule has 0 aliphatic carbocycles. The number of aryl methyl sites for hydroxylation is 1. The summed E-state index contributed by atoms with van der Waals surface area (Å²) >= 11 is 7.68. The molecule has 120 valence electrons. The maximum absolute atomic E-state index is 12.2. The minimum atomic E-state index is -0.303. The maximum Gasteiger partial charge on any atom is 0.283 e. The molecule has 0 fully saturated rings. The van der Waals surface area contributed by atoms with Gasteiger partial charge in [0.15, 0.2) is 0 Å². The van der Waals surface area contributed by atoms with E-state index in [0.29, 0.717) is 9.90 Å². The van der Waals surface area contributed by atoms with Crippen LogP contribution < -0.4 is 5.43 Å². The number of hydrogen-bond donors (Lipinski definition) is 1. The highest BCUT2D eigenvalue weighted by Crippen LogP contribution is 2.35. The Morgan fingerprint density at radius 3 is 2.79 bits per heavy atom. The van der Waals surface area contributed by atoms with Gasteiger partial charge in [-0.1, -0.05) is 60.1 Å². The van der Waals surface area contributed by atoms with Crippen LogP contribution in [0.1, 0.15) is 20.8 Å². The van der Waals surface area contributed by atoms with Crippen LogP contribution in [0.3, 0.4) is 0 Å². The van der Waals surface area contributed by atoms with E-state index in [1.165, 1.54) is 17.6 Å². The van der Waals surface area contributed by atoms with Gasteiger partial charge in [0.05, 0.1) is 5.02 Å². The molecule has 0 spiro atoms. The van der Waals surface area contributed by atoms with E-state index in [2.05, 4.69) is 10.5 Å². The van der Waals surface area contributed by atoms with Crippen molar-refractivity contribution in [2.24, 2.45) is 5.10 Å². The van der Waals surface area contributed by atoms with E-state index in [1.807, 2.05) is 61.5 Å². The summed E-state index contributed by atoms with van der Waals surface area (Å²) in [5, 5.41) is 5.30. The van der Waals surface area contributed by atoms with Crippen LogP contribution in [-0.2, 0) is 0 Å². The topological polar surface area (TPSA) is 41.5 Å². The number of nitrogens with zero attached hydrogens (tertiary/aromatic N) is 1. The number of nitrogens with one attached hydrogen (secondary N) is 1. The van der Waals surface area contributed by atoms with Crippen LogP contribution in [0.25, 0.3) is 16.2 Å². The van der Waals surface area contributed by atoms with Crippen LogP contribution >= 0.6 is 22.9 Å². The molecule has 1 aromatic heterocycles. The minimum Gasteiger partial charge on any atom is -0.266 e. The molecule has 0 unspecified atom stereocenters. The van der Waals surface area contributed by atoms with Gasteiger partial charge in [-0.3, -0.25) is 4.79 Å². The Labute approximate surface area is 149 Å². The van der Waals surface area contributed by atoms with Crippen molar-refractivity contribution in [2.45, 2.75) is 6.92 Å². The molecular formula is C19H15ClN2OS. The molecule has 0 aliphatic rings. The van der Waals surface area contributed by atoms with Crippen molar-refractivity contribution in [1.29, 1.82) is 0 Å². The predicted molar refractivity (Wildman–Crippen MR) is 103 cm³/mol. The number of carbonyl (C=O) groups is 1. The molecule has 5 heteroatoms. The van der Waals surface area contributed by atoms with Gasteiger partial charge in [0.2, 0.25) is 0 Å². The average Bonchev–Trinajstić information content (AvgIpc) is 2.91. The Kier molecular flexibility index (Phi) is 5.08. The number of amides is 1. The van der Waals surface area contributed by atoms with Crippen molar-refractivity contribution in [3.05, 3.63) is 75.6 Å². The summed E-state index contributed by atoms with van der Waals surface area (Å²) in [6.45, 7) is 2.01. The number of fused-ring (bicyclic) bond motifs is 1. The molecular weight excluding hydrogens is 340 g/mol. The van der Waals surface area contributed by atoms with E-state index in [4.69, 9.17) is 11.6 Å². The van der Waals surface area contributed by atoms with Crippen molar-refractivity contribution in [2.75, 3.05) is 0 Å². The van der Waals surface area contributed by atoms with E-state index in [-0.39, 0.29) is 5.91 Å². The maximum atomic E-state index is 12.2. The van der Waals surface area contributed by atoms with Gasteiger partial charge in [-0.25, -0.2) is 5.43 Å². The van der Waals surface area contributed by atoms with Gasteiger partial charge in [0.25, 0.3) is 5.91 Å². The standard InChI is InChI=1S/C19H15ClN2OS/c1-13-9-10-15-16(12-13)24-18(17(15)20)19(23)22-21-11-5-8-14-6-3-2-4-7-14/h2-12H,1H3,(H,22,23)/b8-5+,21-11+. The van der Waals surface area contributed by atoms with Crippen LogP contribution in [0.5, 0.6) is 0 Å². The van der Waals surface area contributed by atoms with Gasteiger partial charge in [-0.05, 0) is 30.2 Å².